The van der Waals surface area contributed by atoms with Crippen LogP contribution in [0.1, 0.15) is 13.3 Å². The van der Waals surface area contributed by atoms with E-state index in [4.69, 9.17) is 11.6 Å². The standard InChI is InChI=1S/C6H12ClN/c1-2-5-8-6-3-4-7/h3-4,8H,2,5-6H2,1H3/b4-3+. The summed E-state index contributed by atoms with van der Waals surface area (Å²) in [6, 6.07) is 0. The van der Waals surface area contributed by atoms with Gasteiger partial charge in [-0.25, -0.2) is 0 Å². The van der Waals surface area contributed by atoms with Crippen LogP contribution in [0.2, 0.25) is 0 Å². The van der Waals surface area contributed by atoms with E-state index in [0.29, 0.717) is 0 Å². The van der Waals surface area contributed by atoms with Gasteiger partial charge in [0.05, 0.1) is 0 Å². The van der Waals surface area contributed by atoms with E-state index in [1.54, 1.807) is 0 Å². The fourth-order valence-electron chi connectivity index (χ4n) is 0.407. The average molecular weight is 134 g/mol. The van der Waals surface area contributed by atoms with Gasteiger partial charge in [-0.2, -0.15) is 0 Å². The van der Waals surface area contributed by atoms with Crippen LogP contribution in [-0.4, -0.2) is 13.1 Å². The van der Waals surface area contributed by atoms with Gasteiger partial charge in [-0.15, -0.1) is 0 Å². The Morgan fingerprint density at radius 3 is 2.88 bits per heavy atom. The Balaban J connectivity index is 2.72. The molecule has 0 aliphatic carbocycles. The van der Waals surface area contributed by atoms with Crippen molar-refractivity contribution in [1.29, 1.82) is 0 Å². The third kappa shape index (κ3) is 5.99. The summed E-state index contributed by atoms with van der Waals surface area (Å²) in [5, 5.41) is 3.16. The summed E-state index contributed by atoms with van der Waals surface area (Å²) in [6.45, 7) is 4.09. The lowest BCUT2D eigenvalue weighted by atomic mass is 10.5. The van der Waals surface area contributed by atoms with Crippen LogP contribution in [0.4, 0.5) is 0 Å². The van der Waals surface area contributed by atoms with Gasteiger partial charge in [0.2, 0.25) is 0 Å². The summed E-state index contributed by atoms with van der Waals surface area (Å²) in [5.74, 6) is 0. The van der Waals surface area contributed by atoms with E-state index in [1.807, 2.05) is 6.08 Å². The van der Waals surface area contributed by atoms with Crippen LogP contribution >= 0.6 is 11.6 Å². The van der Waals surface area contributed by atoms with Gasteiger partial charge >= 0.3 is 0 Å². The lowest BCUT2D eigenvalue weighted by molar-refractivity contribution is 0.729. The van der Waals surface area contributed by atoms with Crippen LogP contribution in [0, 0.1) is 0 Å². The van der Waals surface area contributed by atoms with Crippen LogP contribution in [0.3, 0.4) is 0 Å². The SMILES string of the molecule is CCCNC/C=C/Cl. The monoisotopic (exact) mass is 133 g/mol. The number of halogens is 1. The molecule has 0 spiro atoms. The van der Waals surface area contributed by atoms with Crippen molar-refractivity contribution in [1.82, 2.24) is 5.32 Å². The van der Waals surface area contributed by atoms with Gasteiger partial charge in [-0.1, -0.05) is 24.6 Å². The molecule has 48 valence electrons. The molecule has 0 aliphatic rings. The molecule has 8 heavy (non-hydrogen) atoms. The van der Waals surface area contributed by atoms with Gasteiger partial charge in [0.25, 0.3) is 0 Å². The van der Waals surface area contributed by atoms with Gasteiger partial charge in [0.15, 0.2) is 0 Å². The zero-order valence-corrected chi connectivity index (χ0v) is 5.91. The van der Waals surface area contributed by atoms with Crippen molar-refractivity contribution in [3.8, 4) is 0 Å². The largest absolute Gasteiger partial charge is 0.313 e. The van der Waals surface area contributed by atoms with Crippen molar-refractivity contribution >= 4 is 11.6 Å². The molecule has 0 saturated heterocycles. The lowest BCUT2D eigenvalue weighted by Crippen LogP contribution is -2.13. The topological polar surface area (TPSA) is 12.0 Å². The molecule has 0 aliphatic heterocycles. The van der Waals surface area contributed by atoms with Crippen molar-refractivity contribution in [2.75, 3.05) is 13.1 Å². The Morgan fingerprint density at radius 1 is 1.62 bits per heavy atom. The Labute approximate surface area is 55.7 Å². The molecule has 0 aromatic heterocycles. The smallest absolute Gasteiger partial charge is 0.0146 e. The molecule has 0 aromatic carbocycles. The van der Waals surface area contributed by atoms with Crippen LogP contribution in [0.15, 0.2) is 11.6 Å². The van der Waals surface area contributed by atoms with Crippen LogP contribution in [-0.2, 0) is 0 Å². The van der Waals surface area contributed by atoms with Crippen molar-refractivity contribution in [2.45, 2.75) is 13.3 Å². The predicted octanol–water partition coefficient (Wildman–Crippen LogP) is 1.74. The Kier molecular flexibility index (Phi) is 6.98. The highest BCUT2D eigenvalue weighted by atomic mass is 35.5. The number of hydrogen-bond donors (Lipinski definition) is 1. The van der Waals surface area contributed by atoms with Crippen molar-refractivity contribution in [3.63, 3.8) is 0 Å². The summed E-state index contributed by atoms with van der Waals surface area (Å²) in [5.41, 5.74) is 1.53. The Bertz CT molecular complexity index is 61.5. The third-order valence-electron chi connectivity index (χ3n) is 0.778. The molecule has 1 nitrogen and oxygen atoms in total. The summed E-state index contributed by atoms with van der Waals surface area (Å²) < 4.78 is 0. The fourth-order valence-corrected chi connectivity index (χ4v) is 0.496. The first kappa shape index (κ1) is 7.99. The molecule has 1 N–H and O–H groups in total. The van der Waals surface area contributed by atoms with Crippen LogP contribution < -0.4 is 5.32 Å². The number of hydrogen-bond acceptors (Lipinski definition) is 1. The highest BCUT2D eigenvalue weighted by molar-refractivity contribution is 6.25. The predicted molar refractivity (Wildman–Crippen MR) is 38.2 cm³/mol. The van der Waals surface area contributed by atoms with E-state index in [-0.39, 0.29) is 0 Å². The molecule has 0 unspecified atom stereocenters. The summed E-state index contributed by atoms with van der Waals surface area (Å²) in [7, 11) is 0. The second-order valence-electron chi connectivity index (χ2n) is 1.57. The van der Waals surface area contributed by atoms with Crippen molar-refractivity contribution < 1.29 is 0 Å². The van der Waals surface area contributed by atoms with Crippen LogP contribution in [0.25, 0.3) is 0 Å². The Morgan fingerprint density at radius 2 is 2.38 bits per heavy atom. The van der Waals surface area contributed by atoms with Gasteiger partial charge in [-0.05, 0) is 13.0 Å². The molecular weight excluding hydrogens is 122 g/mol. The fraction of sp³-hybridized carbons (Fsp3) is 0.667. The van der Waals surface area contributed by atoms with Gasteiger partial charge in [-0.3, -0.25) is 0 Å². The minimum Gasteiger partial charge on any atom is -0.313 e. The average Bonchev–Trinajstić information content (AvgIpc) is 1.81. The molecule has 2 heteroatoms. The van der Waals surface area contributed by atoms with Crippen LogP contribution in [0.5, 0.6) is 0 Å². The normalized spacial score (nSPS) is 10.8. The maximum absolute atomic E-state index is 5.26. The van der Waals surface area contributed by atoms with E-state index in [2.05, 4.69) is 12.2 Å². The lowest BCUT2D eigenvalue weighted by Gasteiger charge is -1.93. The highest BCUT2D eigenvalue weighted by Crippen LogP contribution is 1.75. The first-order valence-electron chi connectivity index (χ1n) is 2.87. The van der Waals surface area contributed by atoms with E-state index >= 15 is 0 Å². The second kappa shape index (κ2) is 6.99. The van der Waals surface area contributed by atoms with Crippen molar-refractivity contribution in [3.05, 3.63) is 11.6 Å². The maximum Gasteiger partial charge on any atom is 0.0146 e. The van der Waals surface area contributed by atoms with E-state index in [0.717, 1.165) is 13.1 Å². The molecule has 0 rings (SSSR count). The molecule has 0 saturated carbocycles. The molecule has 0 bridgehead atoms. The molecular formula is C6H12ClN. The van der Waals surface area contributed by atoms with E-state index in [1.165, 1.54) is 12.0 Å². The van der Waals surface area contributed by atoms with Gasteiger partial charge in [0.1, 0.15) is 0 Å². The molecule has 0 atom stereocenters. The minimum atomic E-state index is 0.886. The molecule has 0 heterocycles. The molecule has 0 radical (unpaired) electrons. The highest BCUT2D eigenvalue weighted by Gasteiger charge is 1.75. The first-order chi connectivity index (χ1) is 3.91. The molecule has 0 aromatic rings. The first-order valence-corrected chi connectivity index (χ1v) is 3.31. The second-order valence-corrected chi connectivity index (χ2v) is 1.82. The number of nitrogens with one attached hydrogen (secondary N) is 1. The quantitative estimate of drug-likeness (QED) is 0.576. The van der Waals surface area contributed by atoms with Crippen molar-refractivity contribution in [2.24, 2.45) is 0 Å². The molecule has 0 fully saturated rings. The van der Waals surface area contributed by atoms with E-state index in [9.17, 15) is 0 Å². The maximum atomic E-state index is 5.26. The summed E-state index contributed by atoms with van der Waals surface area (Å²) >= 11 is 5.26. The van der Waals surface area contributed by atoms with Gasteiger partial charge in [0, 0.05) is 12.1 Å². The van der Waals surface area contributed by atoms with E-state index < -0.39 is 0 Å². The minimum absolute atomic E-state index is 0.886. The Hall–Kier alpha value is -0.0100. The third-order valence-corrected chi connectivity index (χ3v) is 0.956. The van der Waals surface area contributed by atoms with Gasteiger partial charge < -0.3 is 5.32 Å². The molecule has 0 amide bonds. The number of rotatable bonds is 4. The summed E-state index contributed by atoms with van der Waals surface area (Å²) in [6.07, 6.45) is 3.06. The zero-order chi connectivity index (χ0) is 6.24. The zero-order valence-electron chi connectivity index (χ0n) is 5.15. The summed E-state index contributed by atoms with van der Waals surface area (Å²) in [4.78, 5) is 0.